The molecule has 2 aromatic rings. The summed E-state index contributed by atoms with van der Waals surface area (Å²) >= 11 is 0. The van der Waals surface area contributed by atoms with Gasteiger partial charge in [0.15, 0.2) is 0 Å². The van der Waals surface area contributed by atoms with E-state index in [2.05, 4.69) is 30.9 Å². The first kappa shape index (κ1) is 21.5. The number of rotatable bonds is 7. The van der Waals surface area contributed by atoms with Gasteiger partial charge in [0, 0.05) is 32.2 Å². The minimum atomic E-state index is -1.22. The summed E-state index contributed by atoms with van der Waals surface area (Å²) < 4.78 is 0. The summed E-state index contributed by atoms with van der Waals surface area (Å²) in [6.07, 6.45) is -0.279. The minimum Gasteiger partial charge on any atom is -0.388 e. The number of hydrogen-bond donors (Lipinski definition) is 2. The predicted molar refractivity (Wildman–Crippen MR) is 114 cm³/mol. The highest BCUT2D eigenvalue weighted by molar-refractivity contribution is 5.79. The Morgan fingerprint density at radius 1 is 1.10 bits per heavy atom. The Balaban J connectivity index is 1.61. The molecule has 2 N–H and O–H groups in total. The molecule has 0 bridgehead atoms. The largest absolute Gasteiger partial charge is 0.388 e. The Bertz CT molecular complexity index is 781. The fraction of sp³-hybridized carbons (Fsp3) is 0.458. The molecule has 0 radical (unpaired) electrons. The smallest absolute Gasteiger partial charge is 0.227 e. The van der Waals surface area contributed by atoms with E-state index in [0.29, 0.717) is 32.5 Å². The standard InChI is InChI=1S/C24H32N2O3/c1-19(2)26(16-21-11-7-4-8-12-21)18-24(29)13-14-25(17-22(24)27)23(28)15-20-9-5-3-6-10-20/h3-12,19,22,27,29H,13-18H2,1-2H3/t22-,24-/m0/s1. The first-order valence-corrected chi connectivity index (χ1v) is 10.4. The Kier molecular flexibility index (Phi) is 7.06. The molecule has 0 spiro atoms. The number of piperidine rings is 1. The van der Waals surface area contributed by atoms with Crippen molar-refractivity contribution in [3.63, 3.8) is 0 Å². The first-order chi connectivity index (χ1) is 13.9. The average molecular weight is 397 g/mol. The third-order valence-corrected chi connectivity index (χ3v) is 5.81. The van der Waals surface area contributed by atoms with Gasteiger partial charge in [0.05, 0.1) is 6.42 Å². The second-order valence-corrected chi connectivity index (χ2v) is 8.36. The van der Waals surface area contributed by atoms with Gasteiger partial charge >= 0.3 is 0 Å². The predicted octanol–water partition coefficient (Wildman–Crippen LogP) is 2.46. The zero-order valence-electron chi connectivity index (χ0n) is 17.4. The van der Waals surface area contributed by atoms with E-state index in [1.165, 1.54) is 5.56 Å². The van der Waals surface area contributed by atoms with Gasteiger partial charge in [-0.25, -0.2) is 0 Å². The molecule has 0 aromatic heterocycles. The fourth-order valence-electron chi connectivity index (χ4n) is 3.85. The van der Waals surface area contributed by atoms with Gasteiger partial charge < -0.3 is 15.1 Å². The highest BCUT2D eigenvalue weighted by atomic mass is 16.3. The summed E-state index contributed by atoms with van der Waals surface area (Å²) in [6, 6.07) is 20.0. The number of benzene rings is 2. The number of amides is 1. The summed E-state index contributed by atoms with van der Waals surface area (Å²) in [5.41, 5.74) is 0.916. The number of β-amino-alcohol motifs (C(OH)–C–C–N with tert-alkyl or cyclic N) is 1. The fourth-order valence-corrected chi connectivity index (χ4v) is 3.85. The van der Waals surface area contributed by atoms with E-state index in [9.17, 15) is 15.0 Å². The number of aliphatic hydroxyl groups excluding tert-OH is 1. The van der Waals surface area contributed by atoms with Crippen molar-refractivity contribution >= 4 is 5.91 Å². The van der Waals surface area contributed by atoms with Crippen LogP contribution in [0.2, 0.25) is 0 Å². The Morgan fingerprint density at radius 3 is 2.24 bits per heavy atom. The second kappa shape index (κ2) is 9.53. The maximum absolute atomic E-state index is 12.6. The molecule has 2 atom stereocenters. The maximum atomic E-state index is 12.6. The quantitative estimate of drug-likeness (QED) is 0.755. The molecule has 1 saturated heterocycles. The van der Waals surface area contributed by atoms with Crippen LogP contribution in [-0.4, -0.2) is 63.3 Å². The van der Waals surface area contributed by atoms with Gasteiger partial charge in [0.1, 0.15) is 11.7 Å². The Labute approximate surface area is 173 Å². The van der Waals surface area contributed by atoms with Crippen LogP contribution < -0.4 is 0 Å². The SMILES string of the molecule is CC(C)N(Cc1ccccc1)C[C@@]1(O)CCN(C(=O)Cc2ccccc2)C[C@@H]1O. The van der Waals surface area contributed by atoms with Crippen molar-refractivity contribution in [2.24, 2.45) is 0 Å². The molecule has 29 heavy (non-hydrogen) atoms. The van der Waals surface area contributed by atoms with Gasteiger partial charge in [0.2, 0.25) is 5.91 Å². The molecule has 5 heteroatoms. The zero-order chi connectivity index (χ0) is 20.9. The third-order valence-electron chi connectivity index (χ3n) is 5.81. The van der Waals surface area contributed by atoms with Crippen LogP contribution in [0, 0.1) is 0 Å². The van der Waals surface area contributed by atoms with Crippen LogP contribution in [0.15, 0.2) is 60.7 Å². The molecule has 0 unspecified atom stereocenters. The van der Waals surface area contributed by atoms with Crippen LogP contribution >= 0.6 is 0 Å². The normalized spacial score (nSPS) is 22.3. The molecule has 1 amide bonds. The van der Waals surface area contributed by atoms with Crippen molar-refractivity contribution in [1.82, 2.24) is 9.80 Å². The summed E-state index contributed by atoms with van der Waals surface area (Å²) in [7, 11) is 0. The lowest BCUT2D eigenvalue weighted by Crippen LogP contribution is -2.61. The van der Waals surface area contributed by atoms with Crippen LogP contribution in [0.5, 0.6) is 0 Å². The van der Waals surface area contributed by atoms with E-state index < -0.39 is 11.7 Å². The van der Waals surface area contributed by atoms with Crippen molar-refractivity contribution in [1.29, 1.82) is 0 Å². The maximum Gasteiger partial charge on any atom is 0.227 e. The average Bonchev–Trinajstić information content (AvgIpc) is 2.71. The summed E-state index contributed by atoms with van der Waals surface area (Å²) in [5.74, 6) is -0.0118. The van der Waals surface area contributed by atoms with Crippen LogP contribution in [0.4, 0.5) is 0 Å². The number of hydrogen-bond acceptors (Lipinski definition) is 4. The van der Waals surface area contributed by atoms with Gasteiger partial charge in [-0.3, -0.25) is 9.69 Å². The van der Waals surface area contributed by atoms with Crippen LogP contribution in [0.25, 0.3) is 0 Å². The van der Waals surface area contributed by atoms with E-state index in [1.807, 2.05) is 48.5 Å². The molecule has 0 aliphatic carbocycles. The van der Waals surface area contributed by atoms with Crippen LogP contribution in [-0.2, 0) is 17.8 Å². The van der Waals surface area contributed by atoms with Crippen molar-refractivity contribution in [3.05, 3.63) is 71.8 Å². The summed E-state index contributed by atoms with van der Waals surface area (Å²) in [6.45, 7) is 5.90. The van der Waals surface area contributed by atoms with Crippen molar-refractivity contribution < 1.29 is 15.0 Å². The molecule has 2 aromatic carbocycles. The number of carbonyl (C=O) groups is 1. The number of nitrogens with zero attached hydrogens (tertiary/aromatic N) is 2. The molecular formula is C24H32N2O3. The van der Waals surface area contributed by atoms with E-state index in [4.69, 9.17) is 0 Å². The highest BCUT2D eigenvalue weighted by Gasteiger charge is 2.43. The molecule has 5 nitrogen and oxygen atoms in total. The molecule has 0 saturated carbocycles. The van der Waals surface area contributed by atoms with E-state index in [-0.39, 0.29) is 18.5 Å². The zero-order valence-corrected chi connectivity index (χ0v) is 17.4. The van der Waals surface area contributed by atoms with Crippen molar-refractivity contribution in [2.45, 2.75) is 51.0 Å². The molecule has 1 heterocycles. The van der Waals surface area contributed by atoms with Crippen molar-refractivity contribution in [3.8, 4) is 0 Å². The number of likely N-dealkylation sites (tertiary alicyclic amines) is 1. The van der Waals surface area contributed by atoms with Gasteiger partial charge in [0.25, 0.3) is 0 Å². The van der Waals surface area contributed by atoms with Crippen molar-refractivity contribution in [2.75, 3.05) is 19.6 Å². The highest BCUT2D eigenvalue weighted by Crippen LogP contribution is 2.26. The summed E-state index contributed by atoms with van der Waals surface area (Å²) in [5, 5.41) is 21.9. The molecular weight excluding hydrogens is 364 g/mol. The molecule has 1 fully saturated rings. The lowest BCUT2D eigenvalue weighted by Gasteiger charge is -2.45. The number of aliphatic hydroxyl groups is 2. The van der Waals surface area contributed by atoms with Gasteiger partial charge in [-0.2, -0.15) is 0 Å². The van der Waals surface area contributed by atoms with E-state index in [0.717, 1.165) is 5.56 Å². The van der Waals surface area contributed by atoms with Crippen LogP contribution in [0.1, 0.15) is 31.4 Å². The third kappa shape index (κ3) is 5.66. The second-order valence-electron chi connectivity index (χ2n) is 8.36. The molecule has 156 valence electrons. The minimum absolute atomic E-state index is 0.0118. The van der Waals surface area contributed by atoms with Gasteiger partial charge in [-0.15, -0.1) is 0 Å². The Hall–Kier alpha value is -2.21. The molecule has 1 aliphatic rings. The topological polar surface area (TPSA) is 64.0 Å². The van der Waals surface area contributed by atoms with Gasteiger partial charge in [-0.1, -0.05) is 60.7 Å². The van der Waals surface area contributed by atoms with Crippen LogP contribution in [0.3, 0.4) is 0 Å². The number of carbonyl (C=O) groups excluding carboxylic acids is 1. The Morgan fingerprint density at radius 2 is 1.69 bits per heavy atom. The lowest BCUT2D eigenvalue weighted by atomic mass is 9.87. The monoisotopic (exact) mass is 396 g/mol. The first-order valence-electron chi connectivity index (χ1n) is 10.4. The lowest BCUT2D eigenvalue weighted by molar-refractivity contribution is -0.154. The molecule has 1 aliphatic heterocycles. The molecule has 3 rings (SSSR count). The van der Waals surface area contributed by atoms with E-state index in [1.54, 1.807) is 4.90 Å². The van der Waals surface area contributed by atoms with Gasteiger partial charge in [-0.05, 0) is 31.4 Å². The van der Waals surface area contributed by atoms with E-state index >= 15 is 0 Å². The summed E-state index contributed by atoms with van der Waals surface area (Å²) in [4.78, 5) is 16.5.